The molecule has 4 heteroatoms. The summed E-state index contributed by atoms with van der Waals surface area (Å²) in [5.41, 5.74) is 11.5. The molecule has 0 radical (unpaired) electrons. The first-order valence-corrected chi connectivity index (χ1v) is 25.1. The van der Waals surface area contributed by atoms with Crippen molar-refractivity contribution in [2.24, 2.45) is 0 Å². The van der Waals surface area contributed by atoms with Crippen molar-refractivity contribution in [2.75, 3.05) is 14.2 Å². The Kier molecular flexibility index (Phi) is 15.2. The zero-order valence-corrected chi connectivity index (χ0v) is 41.3. The van der Waals surface area contributed by atoms with Crippen LogP contribution in [0.3, 0.4) is 0 Å². The molecule has 0 amide bonds. The summed E-state index contributed by atoms with van der Waals surface area (Å²) >= 11 is 5.64. The molecule has 0 N–H and O–H groups in total. The van der Waals surface area contributed by atoms with E-state index in [2.05, 4.69) is 203 Å². The fourth-order valence-electron chi connectivity index (χ4n) is 8.07. The van der Waals surface area contributed by atoms with Crippen LogP contribution in [0.4, 0.5) is 0 Å². The second-order valence-corrected chi connectivity index (χ2v) is 19.9. The van der Waals surface area contributed by atoms with Gasteiger partial charge >= 0.3 is 0 Å². The normalized spacial score (nSPS) is 10.8. The van der Waals surface area contributed by atoms with Crippen LogP contribution in [0.2, 0.25) is 0 Å². The van der Waals surface area contributed by atoms with E-state index < -0.39 is 0 Å². The number of fused-ring (bicyclic) bond motifs is 9. The van der Waals surface area contributed by atoms with Gasteiger partial charge in [0.15, 0.2) is 0 Å². The first kappa shape index (κ1) is 46.1. The minimum absolute atomic E-state index is 1.25. The van der Waals surface area contributed by atoms with E-state index in [-0.39, 0.29) is 0 Å². The summed E-state index contributed by atoms with van der Waals surface area (Å²) < 4.78 is 12.3. The molecule has 328 valence electrons. The van der Waals surface area contributed by atoms with Gasteiger partial charge in [-0.3, -0.25) is 0 Å². The molecule has 12 aromatic rings. The molecule has 0 aliphatic carbocycles. The molecule has 0 atom stereocenters. The standard InChI is InChI=1S/C43H26S3.2C7H8.C3H8.C2H6O/c1-25-5-4-6-26(19-25)27-9-15-40-34(21-27)35-23-30(12-17-41(35)45-40)31-13-18-43-37(24-31)36-22-29(11-16-42(36)46-43)28-10-14-39-33(20-28)32-7-2-3-8-38(32)44-39;2*1-7-5-3-2-4-6-7;2*1-3-2/h2-24H,1H3;2*2-6H,1H3;3H2,1-2H3;1-2H3. The summed E-state index contributed by atoms with van der Waals surface area (Å²) in [6.07, 6.45) is 1.25. The summed E-state index contributed by atoms with van der Waals surface area (Å²) in [5.74, 6) is 0. The van der Waals surface area contributed by atoms with Gasteiger partial charge in [0.2, 0.25) is 0 Å². The first-order chi connectivity index (χ1) is 32.3. The Hall–Kier alpha value is -6.40. The molecule has 0 unspecified atom stereocenters. The van der Waals surface area contributed by atoms with E-state index in [0.29, 0.717) is 0 Å². The van der Waals surface area contributed by atoms with Gasteiger partial charge in [-0.15, -0.1) is 34.0 Å². The summed E-state index contributed by atoms with van der Waals surface area (Å²) in [6, 6.07) is 72.9. The predicted octanol–water partition coefficient (Wildman–Crippen LogP) is 19.8. The second kappa shape index (κ2) is 21.7. The van der Waals surface area contributed by atoms with Crippen LogP contribution in [-0.2, 0) is 4.74 Å². The lowest BCUT2D eigenvalue weighted by atomic mass is 9.98. The first-order valence-electron chi connectivity index (χ1n) is 22.6. The fraction of sp³-hybridized carbons (Fsp3) is 0.129. The Morgan fingerprint density at radius 2 is 0.561 bits per heavy atom. The van der Waals surface area contributed by atoms with Crippen molar-refractivity contribution in [3.63, 3.8) is 0 Å². The number of ether oxygens (including phenoxy) is 1. The Balaban J connectivity index is 0.000000247. The van der Waals surface area contributed by atoms with Gasteiger partial charge in [0.25, 0.3) is 0 Å². The van der Waals surface area contributed by atoms with Crippen LogP contribution in [0.25, 0.3) is 93.9 Å². The van der Waals surface area contributed by atoms with Gasteiger partial charge in [-0.25, -0.2) is 0 Å². The SMILES string of the molecule is CCC.COC.Cc1cccc(-c2ccc3sc4ccc(-c5ccc6sc7ccc(-c8ccc9sc%10ccccc%10c9c8)cc7c6c5)cc4c3c2)c1.Cc1ccccc1.Cc1ccccc1. The fourth-order valence-corrected chi connectivity index (χ4v) is 11.3. The molecule has 3 aromatic heterocycles. The summed E-state index contributed by atoms with van der Waals surface area (Å²) in [4.78, 5) is 0. The van der Waals surface area contributed by atoms with E-state index in [0.717, 1.165) is 0 Å². The van der Waals surface area contributed by atoms with Crippen molar-refractivity contribution in [1.82, 2.24) is 0 Å². The van der Waals surface area contributed by atoms with Crippen LogP contribution in [-0.4, -0.2) is 14.2 Å². The van der Waals surface area contributed by atoms with E-state index in [9.17, 15) is 0 Å². The van der Waals surface area contributed by atoms with Gasteiger partial charge in [-0.05, 0) is 121 Å². The van der Waals surface area contributed by atoms with Crippen molar-refractivity contribution in [1.29, 1.82) is 0 Å². The maximum atomic E-state index is 4.25. The molecular weight excluding hydrogens is 857 g/mol. The Labute approximate surface area is 402 Å². The van der Waals surface area contributed by atoms with Gasteiger partial charge < -0.3 is 4.74 Å². The smallest absolute Gasteiger partial charge is 0.0355 e. The third kappa shape index (κ3) is 10.7. The third-order valence-electron chi connectivity index (χ3n) is 11.2. The number of rotatable bonds is 3. The van der Waals surface area contributed by atoms with Gasteiger partial charge in [0, 0.05) is 74.7 Å². The van der Waals surface area contributed by atoms with E-state index >= 15 is 0 Å². The molecule has 1 nitrogen and oxygen atoms in total. The summed E-state index contributed by atoms with van der Waals surface area (Å²) in [6.45, 7) is 10.6. The number of hydrogen-bond donors (Lipinski definition) is 0. The lowest BCUT2D eigenvalue weighted by Gasteiger charge is -2.06. The van der Waals surface area contributed by atoms with Crippen molar-refractivity contribution in [3.05, 3.63) is 217 Å². The highest BCUT2D eigenvalue weighted by Crippen LogP contribution is 2.42. The van der Waals surface area contributed by atoms with Crippen LogP contribution in [0.15, 0.2) is 200 Å². The van der Waals surface area contributed by atoms with Crippen LogP contribution >= 0.6 is 34.0 Å². The van der Waals surface area contributed by atoms with E-state index in [1.807, 2.05) is 70.4 Å². The van der Waals surface area contributed by atoms with Crippen LogP contribution < -0.4 is 0 Å². The molecule has 0 bridgehead atoms. The Morgan fingerprint density at radius 1 is 0.288 bits per heavy atom. The topological polar surface area (TPSA) is 9.23 Å². The minimum Gasteiger partial charge on any atom is -0.388 e. The van der Waals surface area contributed by atoms with E-state index in [1.165, 1.54) is 117 Å². The molecule has 3 heterocycles. The average Bonchev–Trinajstić information content (AvgIpc) is 4.03. The van der Waals surface area contributed by atoms with E-state index in [1.54, 1.807) is 14.2 Å². The summed E-state index contributed by atoms with van der Waals surface area (Å²) in [5, 5.41) is 8.03. The van der Waals surface area contributed by atoms with Crippen LogP contribution in [0.1, 0.15) is 37.0 Å². The molecule has 0 spiro atoms. The zero-order valence-electron chi connectivity index (χ0n) is 38.9. The number of aryl methyl sites for hydroxylation is 3. The lowest BCUT2D eigenvalue weighted by Crippen LogP contribution is -1.80. The Bertz CT molecular complexity index is 3460. The highest BCUT2D eigenvalue weighted by atomic mass is 32.1. The van der Waals surface area contributed by atoms with E-state index in [4.69, 9.17) is 0 Å². The molecule has 12 rings (SSSR count). The van der Waals surface area contributed by atoms with Crippen LogP contribution in [0.5, 0.6) is 0 Å². The molecular formula is C62H56OS3. The summed E-state index contributed by atoms with van der Waals surface area (Å²) in [7, 11) is 3.25. The molecule has 0 saturated heterocycles. The number of thiophene rings is 3. The van der Waals surface area contributed by atoms with Gasteiger partial charge in [-0.1, -0.05) is 170 Å². The molecule has 0 saturated carbocycles. The molecule has 9 aromatic carbocycles. The quantitative estimate of drug-likeness (QED) is 0.172. The average molecular weight is 913 g/mol. The zero-order chi connectivity index (χ0) is 46.0. The van der Waals surface area contributed by atoms with Crippen molar-refractivity contribution in [2.45, 2.75) is 41.0 Å². The molecule has 0 fully saturated rings. The second-order valence-electron chi connectivity index (χ2n) is 16.7. The van der Waals surface area contributed by atoms with Crippen molar-refractivity contribution < 1.29 is 4.74 Å². The highest BCUT2D eigenvalue weighted by Gasteiger charge is 2.13. The molecule has 0 aliphatic rings. The molecule has 66 heavy (non-hydrogen) atoms. The largest absolute Gasteiger partial charge is 0.388 e. The molecule has 0 aliphatic heterocycles. The van der Waals surface area contributed by atoms with Crippen LogP contribution in [0, 0.1) is 20.8 Å². The minimum atomic E-state index is 1.25. The lowest BCUT2D eigenvalue weighted by molar-refractivity contribution is 0.277. The number of hydrogen-bond acceptors (Lipinski definition) is 4. The van der Waals surface area contributed by atoms with Crippen molar-refractivity contribution in [3.8, 4) is 33.4 Å². The third-order valence-corrected chi connectivity index (χ3v) is 14.7. The number of benzene rings is 9. The Morgan fingerprint density at radius 3 is 0.879 bits per heavy atom. The van der Waals surface area contributed by atoms with Gasteiger partial charge in [0.05, 0.1) is 0 Å². The predicted molar refractivity (Wildman–Crippen MR) is 297 cm³/mol. The maximum absolute atomic E-state index is 4.25. The van der Waals surface area contributed by atoms with Gasteiger partial charge in [-0.2, -0.15) is 0 Å². The number of methoxy groups -OCH3 is 1. The maximum Gasteiger partial charge on any atom is 0.0355 e. The van der Waals surface area contributed by atoms with Crippen molar-refractivity contribution >= 4 is 94.5 Å². The monoisotopic (exact) mass is 912 g/mol. The van der Waals surface area contributed by atoms with Gasteiger partial charge in [0.1, 0.15) is 0 Å². The highest BCUT2D eigenvalue weighted by molar-refractivity contribution is 7.26.